The molecule has 0 radical (unpaired) electrons. The molecule has 2 aliphatic rings. The van der Waals surface area contributed by atoms with E-state index in [9.17, 15) is 4.79 Å². The molecule has 1 saturated carbocycles. The van der Waals surface area contributed by atoms with Crippen molar-refractivity contribution in [3.8, 4) is 0 Å². The van der Waals surface area contributed by atoms with E-state index in [1.54, 1.807) is 4.90 Å². The van der Waals surface area contributed by atoms with Crippen LogP contribution in [0.1, 0.15) is 49.4 Å². The van der Waals surface area contributed by atoms with Gasteiger partial charge in [0.25, 0.3) is 0 Å². The zero-order chi connectivity index (χ0) is 19.3. The summed E-state index contributed by atoms with van der Waals surface area (Å²) in [5, 5.41) is 3.66. The van der Waals surface area contributed by atoms with E-state index in [1.807, 2.05) is 14.0 Å². The van der Waals surface area contributed by atoms with E-state index in [1.165, 1.54) is 35.2 Å². The van der Waals surface area contributed by atoms with Crippen molar-refractivity contribution in [1.82, 2.24) is 0 Å². The number of nitrogens with zero attached hydrogens (tertiary/aromatic N) is 2. The van der Waals surface area contributed by atoms with Gasteiger partial charge in [-0.15, -0.1) is 0 Å². The molecule has 0 aromatic heterocycles. The second-order valence-electron chi connectivity index (χ2n) is 8.14. The number of nitrogens with one attached hydrogen (secondary N) is 1. The normalized spacial score (nSPS) is 20.5. The third-order valence-electron chi connectivity index (χ3n) is 5.94. The second kappa shape index (κ2) is 6.59. The lowest BCUT2D eigenvalue weighted by Crippen LogP contribution is -2.51. The van der Waals surface area contributed by atoms with Crippen LogP contribution in [0.3, 0.4) is 0 Å². The Labute approximate surface area is 162 Å². The van der Waals surface area contributed by atoms with Gasteiger partial charge in [-0.2, -0.15) is 0 Å². The first-order valence-corrected chi connectivity index (χ1v) is 9.90. The van der Waals surface area contributed by atoms with Gasteiger partial charge in [-0.1, -0.05) is 23.8 Å². The van der Waals surface area contributed by atoms with Crippen LogP contribution in [0.25, 0.3) is 0 Å². The summed E-state index contributed by atoms with van der Waals surface area (Å²) >= 11 is 0. The van der Waals surface area contributed by atoms with Crippen molar-refractivity contribution < 1.29 is 4.79 Å². The van der Waals surface area contributed by atoms with Crippen LogP contribution in [0.15, 0.2) is 36.4 Å². The number of aryl methyl sites for hydroxylation is 2. The number of anilines is 3. The first-order valence-electron chi connectivity index (χ1n) is 9.90. The molecule has 1 heterocycles. The van der Waals surface area contributed by atoms with Crippen molar-refractivity contribution in [1.29, 1.82) is 0 Å². The highest BCUT2D eigenvalue weighted by Crippen LogP contribution is 2.43. The van der Waals surface area contributed by atoms with Gasteiger partial charge >= 0.3 is 0 Å². The molecule has 2 aromatic rings. The fourth-order valence-corrected chi connectivity index (χ4v) is 4.34. The Kier molecular flexibility index (Phi) is 4.37. The third kappa shape index (κ3) is 3.18. The molecule has 4 heteroatoms. The number of hydrogen-bond donors (Lipinski definition) is 1. The monoisotopic (exact) mass is 363 g/mol. The van der Waals surface area contributed by atoms with Crippen molar-refractivity contribution in [3.63, 3.8) is 0 Å². The van der Waals surface area contributed by atoms with Crippen LogP contribution >= 0.6 is 0 Å². The minimum Gasteiger partial charge on any atom is -0.378 e. The first kappa shape index (κ1) is 17.9. The third-order valence-corrected chi connectivity index (χ3v) is 5.94. The van der Waals surface area contributed by atoms with E-state index in [4.69, 9.17) is 0 Å². The highest BCUT2D eigenvalue weighted by Gasteiger charge is 2.41. The van der Waals surface area contributed by atoms with E-state index < -0.39 is 0 Å². The molecule has 0 saturated heterocycles. The molecule has 4 nitrogen and oxygen atoms in total. The molecular weight excluding hydrogens is 334 g/mol. The molecule has 27 heavy (non-hydrogen) atoms. The number of rotatable bonds is 4. The molecule has 0 bridgehead atoms. The van der Waals surface area contributed by atoms with Gasteiger partial charge < -0.3 is 15.1 Å². The van der Waals surface area contributed by atoms with Crippen LogP contribution in [0, 0.1) is 13.8 Å². The Morgan fingerprint density at radius 2 is 1.81 bits per heavy atom. The Morgan fingerprint density at radius 3 is 2.48 bits per heavy atom. The molecule has 1 aliphatic carbocycles. The summed E-state index contributed by atoms with van der Waals surface area (Å²) in [6.07, 6.45) is 2.36. The molecule has 4 rings (SSSR count). The van der Waals surface area contributed by atoms with Gasteiger partial charge in [0.05, 0.1) is 11.4 Å². The molecule has 142 valence electrons. The zero-order valence-electron chi connectivity index (χ0n) is 16.9. The topological polar surface area (TPSA) is 35.6 Å². The maximum absolute atomic E-state index is 12.6. The van der Waals surface area contributed by atoms with Gasteiger partial charge in [-0.05, 0) is 69.9 Å². The van der Waals surface area contributed by atoms with Crippen LogP contribution in [0.4, 0.5) is 17.1 Å². The standard InChI is InChI=1S/C23H29N3O/c1-14-6-10-20(15(2)12-14)16(3)24-18-7-11-21-22(13-18)26(19-8-9-19)17(4)23(27)25(21)5/h6-7,10-13,16-17,19,24H,8-9H2,1-5H3/t16-,17-/m0/s1. The van der Waals surface area contributed by atoms with E-state index in [2.05, 4.69) is 67.4 Å². The fourth-order valence-electron chi connectivity index (χ4n) is 4.34. The Bertz CT molecular complexity index is 887. The van der Waals surface area contributed by atoms with Crippen molar-refractivity contribution in [3.05, 3.63) is 53.1 Å². The van der Waals surface area contributed by atoms with Crippen molar-refractivity contribution in [2.75, 3.05) is 22.2 Å². The van der Waals surface area contributed by atoms with Crippen molar-refractivity contribution >= 4 is 23.0 Å². The average Bonchev–Trinajstić information content (AvgIpc) is 3.44. The van der Waals surface area contributed by atoms with Crippen LogP contribution in [-0.2, 0) is 4.79 Å². The smallest absolute Gasteiger partial charge is 0.249 e. The number of carbonyl (C=O) groups is 1. The van der Waals surface area contributed by atoms with Gasteiger partial charge in [-0.3, -0.25) is 4.79 Å². The number of carbonyl (C=O) groups excluding carboxylic acids is 1. The summed E-state index contributed by atoms with van der Waals surface area (Å²) in [6, 6.07) is 13.6. The minimum absolute atomic E-state index is 0.0954. The summed E-state index contributed by atoms with van der Waals surface area (Å²) in [6.45, 7) is 8.53. The predicted molar refractivity (Wildman–Crippen MR) is 113 cm³/mol. The van der Waals surface area contributed by atoms with E-state index in [0.29, 0.717) is 6.04 Å². The van der Waals surface area contributed by atoms with Crippen molar-refractivity contribution in [2.24, 2.45) is 0 Å². The molecule has 1 aliphatic heterocycles. The fraction of sp³-hybridized carbons (Fsp3) is 0.435. The van der Waals surface area contributed by atoms with Gasteiger partial charge in [0, 0.05) is 24.8 Å². The van der Waals surface area contributed by atoms with Gasteiger partial charge in [-0.25, -0.2) is 0 Å². The predicted octanol–water partition coefficient (Wildman–Crippen LogP) is 4.81. The summed E-state index contributed by atoms with van der Waals surface area (Å²) < 4.78 is 0. The first-order chi connectivity index (χ1) is 12.9. The summed E-state index contributed by atoms with van der Waals surface area (Å²) in [4.78, 5) is 16.7. The number of benzene rings is 2. The highest BCUT2D eigenvalue weighted by molar-refractivity contribution is 6.05. The Morgan fingerprint density at radius 1 is 1.07 bits per heavy atom. The van der Waals surface area contributed by atoms with Crippen LogP contribution in [0.5, 0.6) is 0 Å². The lowest BCUT2D eigenvalue weighted by Gasteiger charge is -2.41. The molecule has 1 N–H and O–H groups in total. The summed E-state index contributed by atoms with van der Waals surface area (Å²) in [5.74, 6) is 0.179. The summed E-state index contributed by atoms with van der Waals surface area (Å²) in [7, 11) is 1.88. The average molecular weight is 364 g/mol. The van der Waals surface area contributed by atoms with E-state index in [-0.39, 0.29) is 18.0 Å². The molecule has 2 atom stereocenters. The molecular formula is C23H29N3O. The number of amides is 1. The van der Waals surface area contributed by atoms with Crippen molar-refractivity contribution in [2.45, 2.75) is 58.7 Å². The molecule has 1 fully saturated rings. The molecule has 0 unspecified atom stereocenters. The molecule has 1 amide bonds. The maximum atomic E-state index is 12.6. The van der Waals surface area contributed by atoms with Crippen LogP contribution < -0.4 is 15.1 Å². The second-order valence-corrected chi connectivity index (χ2v) is 8.14. The molecule has 2 aromatic carbocycles. The number of hydrogen-bond acceptors (Lipinski definition) is 3. The Hall–Kier alpha value is -2.49. The minimum atomic E-state index is -0.0954. The van der Waals surface area contributed by atoms with Gasteiger partial charge in [0.15, 0.2) is 0 Å². The highest BCUT2D eigenvalue weighted by atomic mass is 16.2. The number of likely N-dealkylation sites (N-methyl/N-ethyl adjacent to an activating group) is 1. The molecule has 0 spiro atoms. The summed E-state index contributed by atoms with van der Waals surface area (Å²) in [5.41, 5.74) is 7.20. The SMILES string of the molecule is Cc1ccc([C@H](C)Nc2ccc3c(c2)N(C2CC2)[C@@H](C)C(=O)N3C)c(C)c1. The largest absolute Gasteiger partial charge is 0.378 e. The number of fused-ring (bicyclic) bond motifs is 1. The van der Waals surface area contributed by atoms with E-state index >= 15 is 0 Å². The zero-order valence-corrected chi connectivity index (χ0v) is 16.9. The van der Waals surface area contributed by atoms with Gasteiger partial charge in [0.1, 0.15) is 6.04 Å². The lowest BCUT2D eigenvalue weighted by molar-refractivity contribution is -0.119. The quantitative estimate of drug-likeness (QED) is 0.847. The Balaban J connectivity index is 1.65. The van der Waals surface area contributed by atoms with Crippen LogP contribution in [0.2, 0.25) is 0 Å². The lowest BCUT2D eigenvalue weighted by atomic mass is 10.00. The maximum Gasteiger partial charge on any atom is 0.249 e. The van der Waals surface area contributed by atoms with Gasteiger partial charge in [0.2, 0.25) is 5.91 Å². The van der Waals surface area contributed by atoms with Crippen LogP contribution in [-0.4, -0.2) is 25.0 Å². The van der Waals surface area contributed by atoms with E-state index in [0.717, 1.165) is 11.4 Å².